The van der Waals surface area contributed by atoms with E-state index in [1.165, 1.54) is 29.8 Å². The molecule has 0 bridgehead atoms. The zero-order valence-electron chi connectivity index (χ0n) is 15.0. The maximum atomic E-state index is 12.7. The summed E-state index contributed by atoms with van der Waals surface area (Å²) < 4.78 is 17.9. The van der Waals surface area contributed by atoms with E-state index in [1.807, 2.05) is 12.1 Å². The van der Waals surface area contributed by atoms with E-state index in [4.69, 9.17) is 9.84 Å². The number of nitrogens with zero attached hydrogens (tertiary/aromatic N) is 1. The lowest BCUT2D eigenvalue weighted by Gasteiger charge is -2.26. The predicted molar refractivity (Wildman–Crippen MR) is 98.9 cm³/mol. The Morgan fingerprint density at radius 2 is 1.73 bits per heavy atom. The second-order valence-electron chi connectivity index (χ2n) is 5.96. The average Bonchev–Trinajstić information content (AvgIpc) is 2.69. The van der Waals surface area contributed by atoms with E-state index in [2.05, 4.69) is 10.2 Å². The quantitative estimate of drug-likeness (QED) is 0.879. The summed E-state index contributed by atoms with van der Waals surface area (Å²) in [6, 6.07) is 12.8. The number of halogens is 1. The monoisotopic (exact) mass is 360 g/mol. The van der Waals surface area contributed by atoms with Gasteiger partial charge in [0.15, 0.2) is 0 Å². The number of morpholine rings is 1. The van der Waals surface area contributed by atoms with Crippen molar-refractivity contribution in [1.29, 1.82) is 0 Å². The molecule has 1 saturated heterocycles. The largest absolute Gasteiger partial charge is 0.508 e. The Morgan fingerprint density at radius 3 is 2.31 bits per heavy atom. The Kier molecular flexibility index (Phi) is 8.05. The molecule has 1 aliphatic heterocycles. The van der Waals surface area contributed by atoms with Crippen LogP contribution in [0.25, 0.3) is 0 Å². The number of carbonyl (C=O) groups excluding carboxylic acids is 1. The van der Waals surface area contributed by atoms with Gasteiger partial charge in [-0.15, -0.1) is 0 Å². The van der Waals surface area contributed by atoms with Gasteiger partial charge in [0.2, 0.25) is 0 Å². The van der Waals surface area contributed by atoms with Crippen LogP contribution in [0.3, 0.4) is 0 Å². The molecule has 0 spiro atoms. The van der Waals surface area contributed by atoms with E-state index in [0.29, 0.717) is 5.56 Å². The zero-order chi connectivity index (χ0) is 18.8. The maximum absolute atomic E-state index is 12.7. The van der Waals surface area contributed by atoms with Crippen LogP contribution in [0.2, 0.25) is 0 Å². The van der Waals surface area contributed by atoms with E-state index in [-0.39, 0.29) is 17.5 Å². The van der Waals surface area contributed by atoms with Crippen molar-refractivity contribution in [2.45, 2.75) is 6.42 Å². The summed E-state index contributed by atoms with van der Waals surface area (Å²) in [5.41, 5.74) is 1.74. The number of carbonyl (C=O) groups is 1. The molecule has 0 saturated carbocycles. The Morgan fingerprint density at radius 1 is 1.12 bits per heavy atom. The summed E-state index contributed by atoms with van der Waals surface area (Å²) in [7, 11) is 1.56. The van der Waals surface area contributed by atoms with Crippen LogP contribution < -0.4 is 5.32 Å². The number of phenolic OH excluding ortho intramolecular Hbond substituents is 1. The molecule has 1 heterocycles. The van der Waals surface area contributed by atoms with Crippen molar-refractivity contribution in [2.24, 2.45) is 0 Å². The topological polar surface area (TPSA) is 61.8 Å². The maximum Gasteiger partial charge on any atom is 0.251 e. The molecule has 2 aromatic carbocycles. The molecule has 6 heteroatoms. The van der Waals surface area contributed by atoms with Gasteiger partial charge >= 0.3 is 0 Å². The van der Waals surface area contributed by atoms with Crippen molar-refractivity contribution < 1.29 is 19.0 Å². The van der Waals surface area contributed by atoms with E-state index in [0.717, 1.165) is 39.3 Å². The van der Waals surface area contributed by atoms with E-state index >= 15 is 0 Å². The van der Waals surface area contributed by atoms with Crippen molar-refractivity contribution in [3.8, 4) is 5.75 Å². The molecule has 2 N–H and O–H groups in total. The van der Waals surface area contributed by atoms with Gasteiger partial charge in [0.1, 0.15) is 11.6 Å². The minimum absolute atomic E-state index is 0.148. The van der Waals surface area contributed by atoms with Crippen molar-refractivity contribution in [3.63, 3.8) is 0 Å². The third-order valence-corrected chi connectivity index (χ3v) is 4.09. The highest BCUT2D eigenvalue weighted by Crippen LogP contribution is 2.09. The first-order valence-corrected chi connectivity index (χ1v) is 8.64. The molecule has 0 aromatic heterocycles. The normalized spacial score (nSPS) is 14.2. The number of nitrogens with one attached hydrogen (secondary N) is 1. The first-order valence-electron chi connectivity index (χ1n) is 8.64. The summed E-state index contributed by atoms with van der Waals surface area (Å²) in [4.78, 5) is 13.3. The minimum atomic E-state index is -0.162. The SMILES string of the molecule is CNC(=O)c1ccc(O)cc1.Fc1ccc(CCN2CCOCC2)cc1. The van der Waals surface area contributed by atoms with E-state index in [1.54, 1.807) is 19.2 Å². The highest BCUT2D eigenvalue weighted by Gasteiger charge is 2.09. The summed E-state index contributed by atoms with van der Waals surface area (Å²) in [5, 5.41) is 11.4. The summed E-state index contributed by atoms with van der Waals surface area (Å²) in [5.74, 6) is -0.146. The van der Waals surface area contributed by atoms with Crippen LogP contribution in [-0.4, -0.2) is 55.8 Å². The van der Waals surface area contributed by atoms with Crippen LogP contribution in [0, 0.1) is 5.82 Å². The average molecular weight is 360 g/mol. The fraction of sp³-hybridized carbons (Fsp3) is 0.350. The third-order valence-electron chi connectivity index (χ3n) is 4.09. The summed E-state index contributed by atoms with van der Waals surface area (Å²) >= 11 is 0. The predicted octanol–water partition coefficient (Wildman–Crippen LogP) is 2.45. The summed E-state index contributed by atoms with van der Waals surface area (Å²) in [6.45, 7) is 4.74. The van der Waals surface area contributed by atoms with Gasteiger partial charge in [0, 0.05) is 32.2 Å². The van der Waals surface area contributed by atoms with E-state index < -0.39 is 0 Å². The highest BCUT2D eigenvalue weighted by atomic mass is 19.1. The first-order chi connectivity index (χ1) is 12.6. The number of ether oxygens (including phenoxy) is 1. The number of rotatable bonds is 4. The van der Waals surface area contributed by atoms with Crippen LogP contribution in [0.4, 0.5) is 4.39 Å². The van der Waals surface area contributed by atoms with Gasteiger partial charge < -0.3 is 15.2 Å². The van der Waals surface area contributed by atoms with Crippen molar-refractivity contribution in [1.82, 2.24) is 10.2 Å². The van der Waals surface area contributed by atoms with Crippen LogP contribution in [-0.2, 0) is 11.2 Å². The minimum Gasteiger partial charge on any atom is -0.508 e. The molecule has 0 unspecified atom stereocenters. The van der Waals surface area contributed by atoms with Crippen LogP contribution in [0.5, 0.6) is 5.75 Å². The van der Waals surface area contributed by atoms with Crippen LogP contribution in [0.1, 0.15) is 15.9 Å². The molecule has 1 fully saturated rings. The van der Waals surface area contributed by atoms with Gasteiger partial charge in [-0.3, -0.25) is 9.69 Å². The molecule has 5 nitrogen and oxygen atoms in total. The molecule has 0 radical (unpaired) electrons. The van der Waals surface area contributed by atoms with Crippen molar-refractivity contribution in [2.75, 3.05) is 39.9 Å². The van der Waals surface area contributed by atoms with Gasteiger partial charge in [-0.25, -0.2) is 4.39 Å². The fourth-order valence-corrected chi connectivity index (χ4v) is 2.52. The lowest BCUT2D eigenvalue weighted by atomic mass is 10.1. The zero-order valence-corrected chi connectivity index (χ0v) is 15.0. The van der Waals surface area contributed by atoms with Gasteiger partial charge in [0.05, 0.1) is 13.2 Å². The van der Waals surface area contributed by atoms with Gasteiger partial charge in [-0.1, -0.05) is 12.1 Å². The molecule has 26 heavy (non-hydrogen) atoms. The second-order valence-corrected chi connectivity index (χ2v) is 5.96. The third kappa shape index (κ3) is 6.82. The number of aromatic hydroxyl groups is 1. The first kappa shape index (κ1) is 19.9. The van der Waals surface area contributed by atoms with Gasteiger partial charge in [0.25, 0.3) is 5.91 Å². The number of hydrogen-bond donors (Lipinski definition) is 2. The number of amides is 1. The molecular weight excluding hydrogens is 335 g/mol. The Bertz CT molecular complexity index is 668. The molecule has 2 aromatic rings. The van der Waals surface area contributed by atoms with Crippen molar-refractivity contribution >= 4 is 5.91 Å². The molecular formula is C20H25FN2O3. The smallest absolute Gasteiger partial charge is 0.251 e. The lowest BCUT2D eigenvalue weighted by molar-refractivity contribution is 0.0384. The Labute approximate surface area is 153 Å². The van der Waals surface area contributed by atoms with Crippen LogP contribution in [0.15, 0.2) is 48.5 Å². The molecule has 1 amide bonds. The van der Waals surface area contributed by atoms with Crippen LogP contribution >= 0.6 is 0 Å². The van der Waals surface area contributed by atoms with E-state index in [9.17, 15) is 9.18 Å². The molecule has 0 atom stereocenters. The lowest BCUT2D eigenvalue weighted by Crippen LogP contribution is -2.37. The number of phenols is 1. The Balaban J connectivity index is 0.000000197. The number of hydrogen-bond acceptors (Lipinski definition) is 4. The standard InChI is InChI=1S/C12H16FNO.C8H9NO2/c13-12-3-1-11(2-4-12)5-6-14-7-9-15-10-8-14;1-9-8(11)6-2-4-7(10)5-3-6/h1-4H,5-10H2;2-5,10H,1H3,(H,9,11). The molecule has 3 rings (SSSR count). The molecule has 1 aliphatic rings. The van der Waals surface area contributed by atoms with Gasteiger partial charge in [-0.05, 0) is 48.4 Å². The van der Waals surface area contributed by atoms with Gasteiger partial charge in [-0.2, -0.15) is 0 Å². The molecule has 0 aliphatic carbocycles. The highest BCUT2D eigenvalue weighted by molar-refractivity contribution is 5.94. The number of benzene rings is 2. The fourth-order valence-electron chi connectivity index (χ4n) is 2.52. The molecule has 140 valence electrons. The second kappa shape index (κ2) is 10.5. The Hall–Kier alpha value is -2.44. The summed E-state index contributed by atoms with van der Waals surface area (Å²) in [6.07, 6.45) is 0.986. The van der Waals surface area contributed by atoms with Crippen molar-refractivity contribution in [3.05, 3.63) is 65.5 Å².